The summed E-state index contributed by atoms with van der Waals surface area (Å²) < 4.78 is 5.37. The van der Waals surface area contributed by atoms with E-state index in [1.54, 1.807) is 11.1 Å². The second-order valence-electron chi connectivity index (χ2n) is 6.36. The number of allylic oxidation sites excluding steroid dienone is 2. The molecule has 2 aliphatic heterocycles. The van der Waals surface area contributed by atoms with E-state index in [0.717, 1.165) is 18.5 Å². The molecule has 0 saturated carbocycles. The third kappa shape index (κ3) is 3.84. The van der Waals surface area contributed by atoms with E-state index >= 15 is 0 Å². The Bertz CT molecular complexity index is 423. The van der Waals surface area contributed by atoms with E-state index in [1.807, 2.05) is 32.9 Å². The molecule has 2 atom stereocenters. The van der Waals surface area contributed by atoms with Gasteiger partial charge in [-0.25, -0.2) is 4.79 Å². The fraction of sp³-hybridized carbons (Fsp3) is 0.667. The van der Waals surface area contributed by atoms with Gasteiger partial charge in [0.1, 0.15) is 5.60 Å². The monoisotopic (exact) mass is 280 g/mol. The number of aliphatic hydroxyl groups excluding tert-OH is 1. The van der Waals surface area contributed by atoms with Crippen LogP contribution in [0.1, 0.15) is 27.2 Å². The molecule has 20 heavy (non-hydrogen) atoms. The van der Waals surface area contributed by atoms with E-state index < -0.39 is 5.60 Å². The summed E-state index contributed by atoms with van der Waals surface area (Å²) in [5.41, 5.74) is 0.591. The van der Waals surface area contributed by atoms with Crippen molar-refractivity contribution < 1.29 is 14.6 Å². The number of β-amino-alcohol motifs (C(OH)–C–C–N with tert-alkyl or cyclic N) is 1. The van der Waals surface area contributed by atoms with Gasteiger partial charge in [0.2, 0.25) is 0 Å². The Morgan fingerprint density at radius 3 is 2.90 bits per heavy atom. The summed E-state index contributed by atoms with van der Waals surface area (Å²) in [5.74, 6) is 0.117. The van der Waals surface area contributed by atoms with Gasteiger partial charge >= 0.3 is 6.09 Å². The maximum Gasteiger partial charge on any atom is 0.414 e. The molecular formula is C15H24N2O3. The normalized spacial score (nSPS) is 27.2. The van der Waals surface area contributed by atoms with E-state index in [2.05, 4.69) is 5.32 Å². The van der Waals surface area contributed by atoms with E-state index in [-0.39, 0.29) is 18.1 Å². The average Bonchev–Trinajstić information content (AvgIpc) is 2.37. The molecule has 2 aliphatic rings. The number of rotatable bonds is 1. The molecule has 2 heterocycles. The number of aliphatic hydroxyl groups is 1. The molecular weight excluding hydrogens is 256 g/mol. The van der Waals surface area contributed by atoms with Crippen molar-refractivity contribution in [1.82, 2.24) is 10.2 Å². The van der Waals surface area contributed by atoms with Gasteiger partial charge in [0.05, 0.1) is 12.6 Å². The number of ether oxygens (including phenoxy) is 1. The first-order valence-corrected chi connectivity index (χ1v) is 7.12. The number of hydrogen-bond acceptors (Lipinski definition) is 4. The zero-order chi connectivity index (χ0) is 14.8. The van der Waals surface area contributed by atoms with Crippen LogP contribution >= 0.6 is 0 Å². The highest BCUT2D eigenvalue weighted by atomic mass is 16.6. The van der Waals surface area contributed by atoms with Crippen LogP contribution < -0.4 is 5.32 Å². The van der Waals surface area contributed by atoms with Crippen molar-refractivity contribution in [2.45, 2.75) is 38.9 Å². The van der Waals surface area contributed by atoms with Crippen molar-refractivity contribution in [3.8, 4) is 0 Å². The minimum absolute atomic E-state index is 0.117. The van der Waals surface area contributed by atoms with E-state index in [1.165, 1.54) is 0 Å². The van der Waals surface area contributed by atoms with Crippen molar-refractivity contribution in [3.05, 3.63) is 23.9 Å². The zero-order valence-electron chi connectivity index (χ0n) is 12.4. The quantitative estimate of drug-likeness (QED) is 0.766. The molecule has 2 rings (SSSR count). The van der Waals surface area contributed by atoms with Gasteiger partial charge in [-0.3, -0.25) is 4.90 Å². The lowest BCUT2D eigenvalue weighted by Gasteiger charge is -2.34. The van der Waals surface area contributed by atoms with Gasteiger partial charge in [-0.1, -0.05) is 6.08 Å². The number of hydrogen-bond donors (Lipinski definition) is 2. The van der Waals surface area contributed by atoms with E-state index in [0.29, 0.717) is 13.1 Å². The number of carbonyl (C=O) groups is 1. The van der Waals surface area contributed by atoms with Crippen molar-refractivity contribution in [2.24, 2.45) is 5.92 Å². The molecule has 5 heteroatoms. The highest BCUT2D eigenvalue weighted by Gasteiger charge is 2.30. The largest absolute Gasteiger partial charge is 0.443 e. The second kappa shape index (κ2) is 5.97. The summed E-state index contributed by atoms with van der Waals surface area (Å²) in [6.45, 7) is 7.56. The highest BCUT2D eigenvalue weighted by Crippen LogP contribution is 2.25. The maximum atomic E-state index is 12.1. The summed E-state index contributed by atoms with van der Waals surface area (Å²) in [4.78, 5) is 13.6. The van der Waals surface area contributed by atoms with Gasteiger partial charge in [-0.15, -0.1) is 0 Å². The predicted octanol–water partition coefficient (Wildman–Crippen LogP) is 1.65. The lowest BCUT2D eigenvalue weighted by molar-refractivity contribution is 0.0330. The molecule has 2 N–H and O–H groups in total. The van der Waals surface area contributed by atoms with E-state index in [4.69, 9.17) is 4.74 Å². The van der Waals surface area contributed by atoms with Crippen molar-refractivity contribution in [3.63, 3.8) is 0 Å². The van der Waals surface area contributed by atoms with Crippen LogP contribution in [-0.2, 0) is 4.74 Å². The van der Waals surface area contributed by atoms with Gasteiger partial charge < -0.3 is 15.2 Å². The van der Waals surface area contributed by atoms with Crippen LogP contribution in [0.5, 0.6) is 0 Å². The lowest BCUT2D eigenvalue weighted by Crippen LogP contribution is -2.44. The Morgan fingerprint density at radius 2 is 2.25 bits per heavy atom. The van der Waals surface area contributed by atoms with Crippen LogP contribution in [0, 0.1) is 5.92 Å². The van der Waals surface area contributed by atoms with Crippen molar-refractivity contribution in [2.75, 3.05) is 19.6 Å². The average molecular weight is 280 g/mol. The van der Waals surface area contributed by atoms with Crippen molar-refractivity contribution in [1.29, 1.82) is 0 Å². The topological polar surface area (TPSA) is 61.8 Å². The second-order valence-corrected chi connectivity index (χ2v) is 6.36. The Balaban J connectivity index is 2.00. The minimum Gasteiger partial charge on any atom is -0.443 e. The first-order chi connectivity index (χ1) is 9.37. The maximum absolute atomic E-state index is 12.1. The molecule has 112 valence electrons. The molecule has 1 saturated heterocycles. The molecule has 1 amide bonds. The SMILES string of the molecule is CC(C)(C)OC(=O)N1C=CC=C(C2CCNCC2O)C1. The number of carbonyl (C=O) groups excluding carboxylic acids is 1. The zero-order valence-corrected chi connectivity index (χ0v) is 12.4. The molecule has 1 fully saturated rings. The van der Waals surface area contributed by atoms with E-state index in [9.17, 15) is 9.90 Å². The molecule has 0 aromatic heterocycles. The Hall–Kier alpha value is -1.33. The van der Waals surface area contributed by atoms with Gasteiger partial charge in [0.25, 0.3) is 0 Å². The van der Waals surface area contributed by atoms with Crippen LogP contribution in [0.25, 0.3) is 0 Å². The van der Waals surface area contributed by atoms with Crippen LogP contribution in [0.15, 0.2) is 23.9 Å². The number of piperidine rings is 1. The minimum atomic E-state index is -0.499. The molecule has 0 spiro atoms. The standard InChI is InChI=1S/C15H24N2O3/c1-15(2,3)20-14(19)17-8-4-5-11(10-17)12-6-7-16-9-13(12)18/h4-5,8,12-13,16,18H,6-7,9-10H2,1-3H3. The molecule has 5 nitrogen and oxygen atoms in total. The first kappa shape index (κ1) is 15.1. The lowest BCUT2D eigenvalue weighted by atomic mass is 9.86. The van der Waals surface area contributed by atoms with Crippen molar-refractivity contribution >= 4 is 6.09 Å². The third-order valence-electron chi connectivity index (χ3n) is 3.48. The molecule has 0 bridgehead atoms. The molecule has 0 aromatic rings. The number of nitrogens with one attached hydrogen (secondary N) is 1. The summed E-state index contributed by atoms with van der Waals surface area (Å²) in [7, 11) is 0. The summed E-state index contributed by atoms with van der Waals surface area (Å²) >= 11 is 0. The fourth-order valence-electron chi connectivity index (χ4n) is 2.53. The van der Waals surface area contributed by atoms with Crippen LogP contribution in [0.2, 0.25) is 0 Å². The molecule has 2 unspecified atom stereocenters. The molecule has 0 aliphatic carbocycles. The smallest absolute Gasteiger partial charge is 0.414 e. The van der Waals surface area contributed by atoms with Crippen LogP contribution in [0.3, 0.4) is 0 Å². The van der Waals surface area contributed by atoms with Gasteiger partial charge in [-0.05, 0) is 45.4 Å². The third-order valence-corrected chi connectivity index (χ3v) is 3.48. The summed E-state index contributed by atoms with van der Waals surface area (Å²) in [6.07, 6.45) is 5.73. The Kier molecular flexibility index (Phi) is 4.50. The fourth-order valence-corrected chi connectivity index (χ4v) is 2.53. The van der Waals surface area contributed by atoms with Crippen LogP contribution in [-0.4, -0.2) is 47.4 Å². The first-order valence-electron chi connectivity index (χ1n) is 7.12. The summed E-state index contributed by atoms with van der Waals surface area (Å²) in [5, 5.41) is 13.2. The predicted molar refractivity (Wildman–Crippen MR) is 77.1 cm³/mol. The highest BCUT2D eigenvalue weighted by molar-refractivity contribution is 5.70. The Morgan fingerprint density at radius 1 is 1.50 bits per heavy atom. The van der Waals surface area contributed by atoms with Gasteiger partial charge in [-0.2, -0.15) is 0 Å². The Labute approximate surface area is 120 Å². The molecule has 0 radical (unpaired) electrons. The number of amides is 1. The number of nitrogens with zero attached hydrogens (tertiary/aromatic N) is 1. The van der Waals surface area contributed by atoms with Crippen LogP contribution in [0.4, 0.5) is 4.79 Å². The van der Waals surface area contributed by atoms with Gasteiger partial charge in [0.15, 0.2) is 0 Å². The van der Waals surface area contributed by atoms with Gasteiger partial charge in [0, 0.05) is 18.7 Å². The molecule has 0 aromatic carbocycles. The summed E-state index contributed by atoms with van der Waals surface area (Å²) in [6, 6.07) is 0.